The second-order valence-corrected chi connectivity index (χ2v) is 6.29. The molecule has 1 amide bonds. The summed E-state index contributed by atoms with van der Waals surface area (Å²) >= 11 is 3.30. The second kappa shape index (κ2) is 9.00. The van der Waals surface area contributed by atoms with Crippen molar-refractivity contribution < 1.29 is 18.3 Å². The maximum Gasteiger partial charge on any atom is 0.261 e. The van der Waals surface area contributed by atoms with Gasteiger partial charge in [0.05, 0.1) is 30.4 Å². The zero-order valence-corrected chi connectivity index (χ0v) is 15.2. The Hall–Kier alpha value is -1.87. The third kappa shape index (κ3) is 5.30. The fraction of sp³-hybridized carbons (Fsp3) is 0.438. The molecule has 1 heterocycles. The molecule has 0 unspecified atom stereocenters. The molecule has 0 atom stereocenters. The minimum Gasteiger partial charge on any atom is -0.383 e. The standard InChI is InChI=1S/C16H18BrF2N3O3/c1-25-7-6-21(9-14(18)19)15(23)4-5-22-10-20-13-3-2-11(17)8-12(13)16(22)24/h2-3,8,10,14H,4-7,9H2,1H3. The highest BCUT2D eigenvalue weighted by Gasteiger charge is 2.18. The summed E-state index contributed by atoms with van der Waals surface area (Å²) in [6.07, 6.45) is -1.33. The summed E-state index contributed by atoms with van der Waals surface area (Å²) in [4.78, 5) is 29.9. The van der Waals surface area contributed by atoms with Crippen LogP contribution < -0.4 is 5.56 Å². The number of benzene rings is 1. The van der Waals surface area contributed by atoms with Crippen LogP contribution in [0.2, 0.25) is 0 Å². The molecular formula is C16H18BrF2N3O3. The van der Waals surface area contributed by atoms with Crippen LogP contribution in [0.25, 0.3) is 10.9 Å². The minimum atomic E-state index is -2.62. The summed E-state index contributed by atoms with van der Waals surface area (Å²) in [5.41, 5.74) is 0.270. The van der Waals surface area contributed by atoms with Crippen LogP contribution in [0.15, 0.2) is 33.8 Å². The number of amides is 1. The number of halogens is 3. The summed E-state index contributed by atoms with van der Waals surface area (Å²) in [5.74, 6) is -0.460. The van der Waals surface area contributed by atoms with Crippen molar-refractivity contribution in [3.05, 3.63) is 39.4 Å². The number of carbonyl (C=O) groups is 1. The monoisotopic (exact) mass is 417 g/mol. The highest BCUT2D eigenvalue weighted by Crippen LogP contribution is 2.15. The van der Waals surface area contributed by atoms with Crippen LogP contribution in [-0.2, 0) is 16.1 Å². The van der Waals surface area contributed by atoms with Crippen LogP contribution in [-0.4, -0.2) is 53.6 Å². The quantitative estimate of drug-likeness (QED) is 0.660. The smallest absolute Gasteiger partial charge is 0.261 e. The van der Waals surface area contributed by atoms with Crippen LogP contribution >= 0.6 is 15.9 Å². The molecule has 0 radical (unpaired) electrons. The van der Waals surface area contributed by atoms with Crippen LogP contribution in [0.5, 0.6) is 0 Å². The second-order valence-electron chi connectivity index (χ2n) is 5.38. The predicted molar refractivity (Wildman–Crippen MR) is 92.8 cm³/mol. The van der Waals surface area contributed by atoms with Gasteiger partial charge >= 0.3 is 0 Å². The molecule has 0 saturated carbocycles. The molecule has 2 rings (SSSR count). The maximum atomic E-state index is 12.6. The van der Waals surface area contributed by atoms with E-state index in [-0.39, 0.29) is 31.7 Å². The predicted octanol–water partition coefficient (Wildman–Crippen LogP) is 2.29. The Kier molecular flexibility index (Phi) is 7.01. The number of aryl methyl sites for hydroxylation is 1. The molecule has 1 aromatic carbocycles. The van der Waals surface area contributed by atoms with Gasteiger partial charge in [-0.05, 0) is 18.2 Å². The van der Waals surface area contributed by atoms with Crippen molar-refractivity contribution in [2.75, 3.05) is 26.8 Å². The average Bonchev–Trinajstić information content (AvgIpc) is 2.58. The Morgan fingerprint density at radius 1 is 1.44 bits per heavy atom. The number of nitrogens with zero attached hydrogens (tertiary/aromatic N) is 3. The fourth-order valence-corrected chi connectivity index (χ4v) is 2.71. The molecule has 25 heavy (non-hydrogen) atoms. The van der Waals surface area contributed by atoms with E-state index in [1.54, 1.807) is 18.2 Å². The Morgan fingerprint density at radius 3 is 2.88 bits per heavy atom. The van der Waals surface area contributed by atoms with Crippen LogP contribution in [0.3, 0.4) is 0 Å². The summed E-state index contributed by atoms with van der Waals surface area (Å²) in [6, 6.07) is 5.15. The van der Waals surface area contributed by atoms with Crippen molar-refractivity contribution in [3.8, 4) is 0 Å². The topological polar surface area (TPSA) is 64.4 Å². The van der Waals surface area contributed by atoms with Crippen LogP contribution in [0.1, 0.15) is 6.42 Å². The van der Waals surface area contributed by atoms with Crippen molar-refractivity contribution in [1.29, 1.82) is 0 Å². The number of hydrogen-bond donors (Lipinski definition) is 0. The first-order chi connectivity index (χ1) is 11.9. The summed E-state index contributed by atoms with van der Waals surface area (Å²) in [5, 5.41) is 0.424. The lowest BCUT2D eigenvalue weighted by Crippen LogP contribution is -2.38. The molecule has 0 bridgehead atoms. The van der Waals surface area contributed by atoms with E-state index in [9.17, 15) is 18.4 Å². The van der Waals surface area contributed by atoms with Crippen LogP contribution in [0, 0.1) is 0 Å². The van der Waals surface area contributed by atoms with Crippen molar-refractivity contribution in [1.82, 2.24) is 14.5 Å². The van der Waals surface area contributed by atoms with Crippen molar-refractivity contribution in [2.45, 2.75) is 19.4 Å². The molecule has 1 aromatic heterocycles. The van der Waals surface area contributed by atoms with Crippen LogP contribution in [0.4, 0.5) is 8.78 Å². The van der Waals surface area contributed by atoms with Gasteiger partial charge < -0.3 is 9.64 Å². The van der Waals surface area contributed by atoms with E-state index in [1.807, 2.05) is 0 Å². The molecule has 136 valence electrons. The van der Waals surface area contributed by atoms with Gasteiger partial charge in [-0.25, -0.2) is 13.8 Å². The molecule has 0 N–H and O–H groups in total. The van der Waals surface area contributed by atoms with Gasteiger partial charge in [0.2, 0.25) is 5.91 Å². The third-order valence-corrected chi connectivity index (χ3v) is 4.12. The average molecular weight is 418 g/mol. The Bertz CT molecular complexity index is 798. The third-order valence-electron chi connectivity index (χ3n) is 3.63. The van der Waals surface area contributed by atoms with Gasteiger partial charge in [0.25, 0.3) is 12.0 Å². The lowest BCUT2D eigenvalue weighted by atomic mass is 10.2. The van der Waals surface area contributed by atoms with E-state index in [2.05, 4.69) is 20.9 Å². The van der Waals surface area contributed by atoms with E-state index < -0.39 is 18.9 Å². The molecule has 0 aliphatic heterocycles. The highest BCUT2D eigenvalue weighted by molar-refractivity contribution is 9.10. The lowest BCUT2D eigenvalue weighted by molar-refractivity contribution is -0.134. The number of hydrogen-bond acceptors (Lipinski definition) is 4. The molecule has 2 aromatic rings. The number of methoxy groups -OCH3 is 1. The van der Waals surface area contributed by atoms with Gasteiger partial charge in [0, 0.05) is 31.1 Å². The molecule has 6 nitrogen and oxygen atoms in total. The highest BCUT2D eigenvalue weighted by atomic mass is 79.9. The van der Waals surface area contributed by atoms with Gasteiger partial charge in [-0.1, -0.05) is 15.9 Å². The largest absolute Gasteiger partial charge is 0.383 e. The van der Waals surface area contributed by atoms with E-state index in [0.29, 0.717) is 10.9 Å². The summed E-state index contributed by atoms with van der Waals surface area (Å²) in [7, 11) is 1.43. The van der Waals surface area contributed by atoms with Gasteiger partial charge in [-0.15, -0.1) is 0 Å². The Morgan fingerprint density at radius 2 is 2.20 bits per heavy atom. The van der Waals surface area contributed by atoms with Gasteiger partial charge in [0.15, 0.2) is 0 Å². The molecular weight excluding hydrogens is 400 g/mol. The number of ether oxygens (including phenoxy) is 1. The van der Waals surface area contributed by atoms with Gasteiger partial charge in [-0.3, -0.25) is 14.2 Å². The van der Waals surface area contributed by atoms with Gasteiger partial charge in [0.1, 0.15) is 0 Å². The lowest BCUT2D eigenvalue weighted by Gasteiger charge is -2.22. The minimum absolute atomic E-state index is 0.0693. The van der Waals surface area contributed by atoms with E-state index in [4.69, 9.17) is 4.74 Å². The normalized spacial score (nSPS) is 11.2. The molecule has 0 aliphatic carbocycles. The zero-order chi connectivity index (χ0) is 18.4. The first kappa shape index (κ1) is 19.5. The molecule has 0 saturated heterocycles. The number of carbonyl (C=O) groups excluding carboxylic acids is 1. The SMILES string of the molecule is COCCN(CC(F)F)C(=O)CCn1cnc2ccc(Br)cc2c1=O. The van der Waals surface area contributed by atoms with Crippen molar-refractivity contribution in [2.24, 2.45) is 0 Å². The van der Waals surface area contributed by atoms with E-state index in [0.717, 1.165) is 9.37 Å². The molecule has 0 fully saturated rings. The number of aromatic nitrogens is 2. The molecule has 0 spiro atoms. The van der Waals surface area contributed by atoms with E-state index >= 15 is 0 Å². The zero-order valence-electron chi connectivity index (χ0n) is 13.6. The number of alkyl halides is 2. The first-order valence-corrected chi connectivity index (χ1v) is 8.41. The Labute approximate surface area is 151 Å². The van der Waals surface area contributed by atoms with Crippen molar-refractivity contribution >= 4 is 32.7 Å². The molecule has 0 aliphatic rings. The number of fused-ring (bicyclic) bond motifs is 1. The Balaban J connectivity index is 2.11. The summed E-state index contributed by atoms with van der Waals surface area (Å²) in [6.45, 7) is -0.332. The first-order valence-electron chi connectivity index (χ1n) is 7.62. The molecule has 9 heteroatoms. The maximum absolute atomic E-state index is 12.6. The van der Waals surface area contributed by atoms with E-state index in [1.165, 1.54) is 18.0 Å². The van der Waals surface area contributed by atoms with Crippen molar-refractivity contribution in [3.63, 3.8) is 0 Å². The fourth-order valence-electron chi connectivity index (χ4n) is 2.35. The summed E-state index contributed by atoms with van der Waals surface area (Å²) < 4.78 is 32.1. The van der Waals surface area contributed by atoms with Gasteiger partial charge in [-0.2, -0.15) is 0 Å². The number of rotatable bonds is 8.